The van der Waals surface area contributed by atoms with Crippen LogP contribution in [0.25, 0.3) is 0 Å². The number of ether oxygens (including phenoxy) is 3. The van der Waals surface area contributed by atoms with Gasteiger partial charge in [0.1, 0.15) is 11.4 Å². The molecule has 0 fully saturated rings. The summed E-state index contributed by atoms with van der Waals surface area (Å²) in [6, 6.07) is 13.4. The summed E-state index contributed by atoms with van der Waals surface area (Å²) in [6.45, 7) is 2.69. The van der Waals surface area contributed by atoms with E-state index >= 15 is 0 Å². The van der Waals surface area contributed by atoms with Crippen molar-refractivity contribution in [3.05, 3.63) is 70.5 Å². The molecule has 3 aromatic rings. The van der Waals surface area contributed by atoms with Gasteiger partial charge in [0.2, 0.25) is 0 Å². The Labute approximate surface area is 189 Å². The molecule has 0 atom stereocenters. The average Bonchev–Trinajstić information content (AvgIpc) is 3.10. The molecule has 1 aliphatic carbocycles. The summed E-state index contributed by atoms with van der Waals surface area (Å²) in [5.74, 6) is 1.90. The van der Waals surface area contributed by atoms with Crippen molar-refractivity contribution in [1.29, 1.82) is 0 Å². The third-order valence-corrected chi connectivity index (χ3v) is 6.17. The van der Waals surface area contributed by atoms with E-state index in [1.165, 1.54) is 11.3 Å². The van der Waals surface area contributed by atoms with Gasteiger partial charge >= 0.3 is 0 Å². The second kappa shape index (κ2) is 9.39. The first-order chi connectivity index (χ1) is 15.5. The van der Waals surface area contributed by atoms with Gasteiger partial charge in [-0.2, -0.15) is 0 Å². The smallest absolute Gasteiger partial charge is 0.272 e. The lowest BCUT2D eigenvalue weighted by atomic mass is 9.95. The fourth-order valence-electron chi connectivity index (χ4n) is 4.60. The van der Waals surface area contributed by atoms with E-state index in [1.54, 1.807) is 33.5 Å². The Balaban J connectivity index is 1.71. The summed E-state index contributed by atoms with van der Waals surface area (Å²) in [4.78, 5) is 13.5. The summed E-state index contributed by atoms with van der Waals surface area (Å²) in [5.41, 5.74) is 6.15. The highest BCUT2D eigenvalue weighted by atomic mass is 16.5. The standard InChI is InChI=1S/C26H30N2O4/c1-17-21-10-5-6-11-22(21)28(16-18-8-7-9-20(14-18)30-2)25(17)26(29)27-19-12-13-23(31-3)24(15-19)32-4/h7-9,12-15H,5-6,10-11,16H2,1-4H3,(H,27,29). The van der Waals surface area contributed by atoms with Crippen LogP contribution in [0.4, 0.5) is 5.69 Å². The minimum absolute atomic E-state index is 0.119. The lowest BCUT2D eigenvalue weighted by Crippen LogP contribution is -2.20. The van der Waals surface area contributed by atoms with Gasteiger partial charge < -0.3 is 24.1 Å². The maximum atomic E-state index is 13.5. The van der Waals surface area contributed by atoms with Crippen molar-refractivity contribution in [3.8, 4) is 17.2 Å². The molecule has 6 heteroatoms. The zero-order valence-corrected chi connectivity index (χ0v) is 19.2. The second-order valence-corrected chi connectivity index (χ2v) is 8.07. The molecule has 0 aliphatic heterocycles. The number of aromatic nitrogens is 1. The molecule has 2 aromatic carbocycles. The minimum Gasteiger partial charge on any atom is -0.497 e. The summed E-state index contributed by atoms with van der Waals surface area (Å²) >= 11 is 0. The van der Waals surface area contributed by atoms with Gasteiger partial charge in [-0.1, -0.05) is 12.1 Å². The molecule has 0 radical (unpaired) electrons. The number of carbonyl (C=O) groups excluding carboxylic acids is 1. The molecule has 4 rings (SSSR count). The molecule has 0 unspecified atom stereocenters. The third kappa shape index (κ3) is 4.17. The number of hydrogen-bond donors (Lipinski definition) is 1. The van der Waals surface area contributed by atoms with E-state index in [0.29, 0.717) is 23.7 Å². The van der Waals surface area contributed by atoms with Crippen LogP contribution in [-0.4, -0.2) is 31.8 Å². The Kier molecular flexibility index (Phi) is 6.40. The molecule has 0 saturated heterocycles. The molecule has 1 N–H and O–H groups in total. The normalized spacial score (nSPS) is 12.8. The first kappa shape index (κ1) is 21.8. The zero-order valence-electron chi connectivity index (χ0n) is 19.2. The third-order valence-electron chi connectivity index (χ3n) is 6.17. The van der Waals surface area contributed by atoms with Crippen LogP contribution in [0.2, 0.25) is 0 Å². The fourth-order valence-corrected chi connectivity index (χ4v) is 4.60. The van der Waals surface area contributed by atoms with E-state index in [2.05, 4.69) is 22.9 Å². The zero-order chi connectivity index (χ0) is 22.7. The Morgan fingerprint density at radius 3 is 2.50 bits per heavy atom. The first-order valence-electron chi connectivity index (χ1n) is 10.9. The summed E-state index contributed by atoms with van der Waals surface area (Å²) in [5, 5.41) is 3.06. The lowest BCUT2D eigenvalue weighted by Gasteiger charge is -2.18. The van der Waals surface area contributed by atoms with Crippen molar-refractivity contribution < 1.29 is 19.0 Å². The minimum atomic E-state index is -0.119. The van der Waals surface area contributed by atoms with Crippen molar-refractivity contribution in [1.82, 2.24) is 4.57 Å². The van der Waals surface area contributed by atoms with Crippen LogP contribution in [0.15, 0.2) is 42.5 Å². The predicted molar refractivity (Wildman–Crippen MR) is 125 cm³/mol. The van der Waals surface area contributed by atoms with Crippen molar-refractivity contribution in [3.63, 3.8) is 0 Å². The van der Waals surface area contributed by atoms with Crippen molar-refractivity contribution in [2.24, 2.45) is 0 Å². The molecular formula is C26H30N2O4. The van der Waals surface area contributed by atoms with Crippen LogP contribution in [0.3, 0.4) is 0 Å². The first-order valence-corrected chi connectivity index (χ1v) is 10.9. The van der Waals surface area contributed by atoms with Crippen molar-refractivity contribution >= 4 is 11.6 Å². The van der Waals surface area contributed by atoms with Gasteiger partial charge in [0, 0.05) is 24.0 Å². The second-order valence-electron chi connectivity index (χ2n) is 8.07. The molecule has 32 heavy (non-hydrogen) atoms. The molecule has 1 aliphatic rings. The van der Waals surface area contributed by atoms with Gasteiger partial charge in [-0.05, 0) is 73.6 Å². The number of nitrogens with zero attached hydrogens (tertiary/aromatic N) is 1. The molecular weight excluding hydrogens is 404 g/mol. The number of anilines is 1. The maximum absolute atomic E-state index is 13.5. The summed E-state index contributed by atoms with van der Waals surface area (Å²) in [6.07, 6.45) is 4.31. The number of rotatable bonds is 7. The fraction of sp³-hybridized carbons (Fsp3) is 0.346. The molecule has 1 heterocycles. The van der Waals surface area contributed by atoms with Gasteiger partial charge in [-0.3, -0.25) is 4.79 Å². The Morgan fingerprint density at radius 1 is 0.969 bits per heavy atom. The molecule has 0 bridgehead atoms. The maximum Gasteiger partial charge on any atom is 0.272 e. The van der Waals surface area contributed by atoms with E-state index in [4.69, 9.17) is 14.2 Å². The molecule has 0 saturated carbocycles. The number of hydrogen-bond acceptors (Lipinski definition) is 4. The van der Waals surface area contributed by atoms with Crippen molar-refractivity contribution in [2.75, 3.05) is 26.6 Å². The Hall–Kier alpha value is -3.41. The summed E-state index contributed by atoms with van der Waals surface area (Å²) < 4.78 is 18.3. The number of benzene rings is 2. The lowest BCUT2D eigenvalue weighted by molar-refractivity contribution is 0.101. The van der Waals surface area contributed by atoms with Crippen LogP contribution < -0.4 is 19.5 Å². The van der Waals surface area contributed by atoms with E-state index in [1.807, 2.05) is 24.3 Å². The highest BCUT2D eigenvalue weighted by Gasteiger charge is 2.26. The van der Waals surface area contributed by atoms with Gasteiger partial charge in [0.15, 0.2) is 11.5 Å². The van der Waals surface area contributed by atoms with Crippen molar-refractivity contribution in [2.45, 2.75) is 39.2 Å². The van der Waals surface area contributed by atoms with E-state index in [-0.39, 0.29) is 5.91 Å². The number of nitrogens with one attached hydrogen (secondary N) is 1. The monoisotopic (exact) mass is 434 g/mol. The molecule has 0 spiro atoms. The number of carbonyl (C=O) groups is 1. The predicted octanol–water partition coefficient (Wildman–Crippen LogP) is 5.00. The van der Waals surface area contributed by atoms with E-state index in [9.17, 15) is 4.79 Å². The van der Waals surface area contributed by atoms with Crippen LogP contribution in [-0.2, 0) is 19.4 Å². The Morgan fingerprint density at radius 2 is 1.75 bits per heavy atom. The number of methoxy groups -OCH3 is 3. The average molecular weight is 435 g/mol. The number of amides is 1. The van der Waals surface area contributed by atoms with Gasteiger partial charge in [-0.25, -0.2) is 0 Å². The molecule has 1 amide bonds. The Bertz CT molecular complexity index is 1130. The SMILES string of the molecule is COc1cccc(Cn2c3c(c(C)c2C(=O)Nc2ccc(OC)c(OC)c2)CCCC3)c1. The quantitative estimate of drug-likeness (QED) is 0.568. The molecule has 168 valence electrons. The van der Waals surface area contributed by atoms with Gasteiger partial charge in [-0.15, -0.1) is 0 Å². The molecule has 1 aromatic heterocycles. The van der Waals surface area contributed by atoms with E-state index in [0.717, 1.165) is 48.3 Å². The van der Waals surface area contributed by atoms with Gasteiger partial charge in [0.05, 0.1) is 21.3 Å². The van der Waals surface area contributed by atoms with Gasteiger partial charge in [0.25, 0.3) is 5.91 Å². The van der Waals surface area contributed by atoms with Crippen LogP contribution >= 0.6 is 0 Å². The largest absolute Gasteiger partial charge is 0.497 e. The highest BCUT2D eigenvalue weighted by Crippen LogP contribution is 2.33. The highest BCUT2D eigenvalue weighted by molar-refractivity contribution is 6.05. The topological polar surface area (TPSA) is 61.7 Å². The van der Waals surface area contributed by atoms with Crippen LogP contribution in [0, 0.1) is 6.92 Å². The number of fused-ring (bicyclic) bond motifs is 1. The summed E-state index contributed by atoms with van der Waals surface area (Å²) in [7, 11) is 4.85. The van der Waals surface area contributed by atoms with Crippen LogP contribution in [0.1, 0.15) is 45.7 Å². The molecule has 6 nitrogen and oxygen atoms in total. The van der Waals surface area contributed by atoms with E-state index < -0.39 is 0 Å². The van der Waals surface area contributed by atoms with Crippen LogP contribution in [0.5, 0.6) is 17.2 Å².